The van der Waals surface area contributed by atoms with E-state index < -0.39 is 0 Å². The summed E-state index contributed by atoms with van der Waals surface area (Å²) in [4.78, 5) is 0. The predicted molar refractivity (Wildman–Crippen MR) is 34.3 cm³/mol. The van der Waals surface area contributed by atoms with Crippen molar-refractivity contribution in [2.45, 2.75) is 6.92 Å². The zero-order valence-electron chi connectivity index (χ0n) is 5.70. The molecule has 2 nitrogen and oxygen atoms in total. The molecule has 1 rings (SSSR count). The topological polar surface area (TPSA) is 33.9 Å². The van der Waals surface area contributed by atoms with Crippen LogP contribution in [-0.4, -0.2) is 5.48 Å². The lowest BCUT2D eigenvalue weighted by Gasteiger charge is -1.87. The second-order valence-electron chi connectivity index (χ2n) is 1.95. The van der Waals surface area contributed by atoms with Crippen molar-refractivity contribution in [2.75, 3.05) is 0 Å². The van der Waals surface area contributed by atoms with Crippen LogP contribution < -0.4 is 4.57 Å². The summed E-state index contributed by atoms with van der Waals surface area (Å²) in [6.45, 7) is 2.08. The van der Waals surface area contributed by atoms with Crippen LogP contribution in [0.3, 0.4) is 0 Å². The van der Waals surface area contributed by atoms with Crippen molar-refractivity contribution in [1.82, 2.24) is 0 Å². The summed E-state index contributed by atoms with van der Waals surface area (Å²) in [6.07, 6.45) is 2.04. The Balaban J connectivity index is 0.000000640. The van der Waals surface area contributed by atoms with Gasteiger partial charge >= 0.3 is 0 Å². The number of aryl methyl sites for hydroxylation is 2. The molecule has 0 amide bonds. The Morgan fingerprint density at radius 1 is 1.33 bits per heavy atom. The van der Waals surface area contributed by atoms with E-state index in [1.807, 2.05) is 25.4 Å². The third-order valence-corrected chi connectivity index (χ3v) is 1.31. The van der Waals surface area contributed by atoms with E-state index in [0.717, 1.165) is 0 Å². The summed E-state index contributed by atoms with van der Waals surface area (Å²) in [5, 5.41) is 0. The summed E-state index contributed by atoms with van der Waals surface area (Å²) >= 11 is 0. The van der Waals surface area contributed by atoms with Crippen molar-refractivity contribution in [3.63, 3.8) is 0 Å². The van der Waals surface area contributed by atoms with Crippen molar-refractivity contribution < 1.29 is 10.0 Å². The third kappa shape index (κ3) is 1.82. The number of aromatic nitrogens is 1. The van der Waals surface area contributed by atoms with Crippen molar-refractivity contribution in [1.29, 1.82) is 0 Å². The van der Waals surface area contributed by atoms with E-state index in [1.165, 1.54) is 5.69 Å². The smallest absolute Gasteiger partial charge is 0.177 e. The van der Waals surface area contributed by atoms with Crippen LogP contribution in [0.15, 0.2) is 24.4 Å². The molecule has 9 heavy (non-hydrogen) atoms. The minimum atomic E-state index is 0. The van der Waals surface area contributed by atoms with Gasteiger partial charge in [0.25, 0.3) is 0 Å². The van der Waals surface area contributed by atoms with Gasteiger partial charge in [-0.2, -0.15) is 0 Å². The zero-order valence-corrected chi connectivity index (χ0v) is 5.70. The van der Waals surface area contributed by atoms with Gasteiger partial charge in [0, 0.05) is 19.1 Å². The first-order valence-corrected chi connectivity index (χ1v) is 2.72. The predicted octanol–water partition coefficient (Wildman–Crippen LogP) is 0.643. The number of nitrogens with zero attached hydrogens (tertiary/aromatic N) is 1. The van der Waals surface area contributed by atoms with Gasteiger partial charge in [-0.25, -0.2) is 4.57 Å². The monoisotopic (exact) mass is 125 g/mol. The maximum atomic E-state index is 2.08. The maximum Gasteiger partial charge on any atom is 0.177 e. The normalized spacial score (nSPS) is 8.22. The van der Waals surface area contributed by atoms with Gasteiger partial charge in [-0.3, -0.25) is 0 Å². The van der Waals surface area contributed by atoms with E-state index in [0.29, 0.717) is 0 Å². The van der Waals surface area contributed by atoms with Crippen LogP contribution in [0.2, 0.25) is 0 Å². The fourth-order valence-electron chi connectivity index (χ4n) is 0.609. The number of hydrogen-bond acceptors (Lipinski definition) is 1. The average Bonchev–Trinajstić information content (AvgIpc) is 1.77. The Morgan fingerprint density at radius 2 is 2.00 bits per heavy atom. The van der Waals surface area contributed by atoms with E-state index in [-0.39, 0.29) is 5.48 Å². The molecule has 0 unspecified atom stereocenters. The minimum absolute atomic E-state index is 0. The molecule has 0 aliphatic rings. The largest absolute Gasteiger partial charge is 0.870 e. The van der Waals surface area contributed by atoms with E-state index >= 15 is 0 Å². The van der Waals surface area contributed by atoms with Gasteiger partial charge in [-0.15, -0.1) is 0 Å². The molecule has 1 heterocycles. The van der Waals surface area contributed by atoms with Crippen LogP contribution in [0, 0.1) is 6.92 Å². The van der Waals surface area contributed by atoms with Gasteiger partial charge in [0.2, 0.25) is 0 Å². The van der Waals surface area contributed by atoms with Gasteiger partial charge in [-0.1, -0.05) is 6.07 Å². The van der Waals surface area contributed by atoms with Crippen LogP contribution >= 0.6 is 0 Å². The van der Waals surface area contributed by atoms with Gasteiger partial charge < -0.3 is 5.48 Å². The van der Waals surface area contributed by atoms with Crippen LogP contribution in [-0.2, 0) is 7.05 Å². The molecule has 1 N–H and O–H groups in total. The Labute approximate surface area is 55.1 Å². The molecule has 0 aliphatic carbocycles. The summed E-state index contributed by atoms with van der Waals surface area (Å²) in [7, 11) is 2.04. The second-order valence-corrected chi connectivity index (χ2v) is 1.95. The zero-order chi connectivity index (χ0) is 5.98. The number of rotatable bonds is 0. The lowest BCUT2D eigenvalue weighted by molar-refractivity contribution is -0.677. The fourth-order valence-corrected chi connectivity index (χ4v) is 0.609. The Bertz CT molecular complexity index is 165. The molecule has 0 radical (unpaired) electrons. The molecule has 1 aromatic heterocycles. The van der Waals surface area contributed by atoms with E-state index in [4.69, 9.17) is 0 Å². The molecule has 1 aromatic rings. The van der Waals surface area contributed by atoms with Crippen LogP contribution in [0.4, 0.5) is 0 Å². The first-order chi connectivity index (χ1) is 3.80. The van der Waals surface area contributed by atoms with Crippen molar-refractivity contribution in [3.05, 3.63) is 30.1 Å². The lowest BCUT2D eigenvalue weighted by atomic mass is 10.4. The van der Waals surface area contributed by atoms with Gasteiger partial charge in [0.1, 0.15) is 7.05 Å². The summed E-state index contributed by atoms with van der Waals surface area (Å²) < 4.78 is 2.08. The fraction of sp³-hybridized carbons (Fsp3) is 0.286. The van der Waals surface area contributed by atoms with Gasteiger partial charge in [-0.05, 0) is 0 Å². The molecule has 0 fully saturated rings. The van der Waals surface area contributed by atoms with E-state index in [2.05, 4.69) is 17.6 Å². The Morgan fingerprint density at radius 3 is 2.33 bits per heavy atom. The molecule has 0 spiro atoms. The van der Waals surface area contributed by atoms with Gasteiger partial charge in [0.05, 0.1) is 0 Å². The van der Waals surface area contributed by atoms with Crippen molar-refractivity contribution >= 4 is 0 Å². The quantitative estimate of drug-likeness (QED) is 0.468. The summed E-state index contributed by atoms with van der Waals surface area (Å²) in [5.41, 5.74) is 1.28. The lowest BCUT2D eigenvalue weighted by Crippen LogP contribution is -2.30. The van der Waals surface area contributed by atoms with E-state index in [9.17, 15) is 0 Å². The standard InChI is InChI=1S/C7H10N.H2O/c1-7-5-3-4-6-8(7)2;/h3-6H,1-2H3;1H2/q+1;/p-1. The molecule has 0 bridgehead atoms. The highest BCUT2D eigenvalue weighted by Crippen LogP contribution is 1.83. The maximum absolute atomic E-state index is 2.08. The molecule has 50 valence electrons. The highest BCUT2D eigenvalue weighted by molar-refractivity contribution is 4.93. The first-order valence-electron chi connectivity index (χ1n) is 2.72. The average molecular weight is 125 g/mol. The van der Waals surface area contributed by atoms with Crippen LogP contribution in [0.5, 0.6) is 0 Å². The van der Waals surface area contributed by atoms with Crippen molar-refractivity contribution in [3.8, 4) is 0 Å². The second kappa shape index (κ2) is 3.20. The molecule has 0 aliphatic heterocycles. The molecule has 0 saturated heterocycles. The molecule has 0 atom stereocenters. The van der Waals surface area contributed by atoms with Crippen LogP contribution in [0.1, 0.15) is 5.69 Å². The highest BCUT2D eigenvalue weighted by atomic mass is 16.0. The SMILES string of the molecule is Cc1cccc[n+]1C.[OH-]. The third-order valence-electron chi connectivity index (χ3n) is 1.31. The molecule has 0 aromatic carbocycles. The Kier molecular flexibility index (Phi) is 2.88. The minimum Gasteiger partial charge on any atom is -0.870 e. The molecular formula is C7H11NO. The van der Waals surface area contributed by atoms with E-state index in [1.54, 1.807) is 0 Å². The highest BCUT2D eigenvalue weighted by Gasteiger charge is 1.91. The molecular weight excluding hydrogens is 114 g/mol. The number of pyridine rings is 1. The van der Waals surface area contributed by atoms with Crippen molar-refractivity contribution in [2.24, 2.45) is 7.05 Å². The summed E-state index contributed by atoms with van der Waals surface area (Å²) in [5.74, 6) is 0. The Hall–Kier alpha value is -0.890. The van der Waals surface area contributed by atoms with Gasteiger partial charge in [0.15, 0.2) is 11.9 Å². The first kappa shape index (κ1) is 8.11. The van der Waals surface area contributed by atoms with Crippen LogP contribution in [0.25, 0.3) is 0 Å². The number of hydrogen-bond donors (Lipinski definition) is 0. The molecule has 2 heteroatoms. The summed E-state index contributed by atoms with van der Waals surface area (Å²) in [6, 6.07) is 6.14. The molecule has 0 saturated carbocycles.